The fourth-order valence-electron chi connectivity index (χ4n) is 2.27. The summed E-state index contributed by atoms with van der Waals surface area (Å²) >= 11 is 1.02. The molecule has 0 radical (unpaired) electrons. The summed E-state index contributed by atoms with van der Waals surface area (Å²) in [4.78, 5) is 33.4. The average molecular weight is 363 g/mol. The van der Waals surface area contributed by atoms with E-state index >= 15 is 0 Å². The number of carbonyl (C=O) groups excluding carboxylic acids is 2. The van der Waals surface area contributed by atoms with Crippen LogP contribution >= 0.6 is 11.3 Å². The molecule has 7 nitrogen and oxygen atoms in total. The van der Waals surface area contributed by atoms with Crippen molar-refractivity contribution in [3.63, 3.8) is 0 Å². The second kappa shape index (κ2) is 6.98. The lowest BCUT2D eigenvalue weighted by atomic mass is 10.0. The Kier molecular flexibility index (Phi) is 4.75. The molecule has 1 aliphatic rings. The number of anilines is 1. The van der Waals surface area contributed by atoms with Gasteiger partial charge in [0.05, 0.1) is 18.5 Å². The maximum Gasteiger partial charge on any atom is 0.350 e. The molecular weight excluding hydrogens is 349 g/mol. The summed E-state index contributed by atoms with van der Waals surface area (Å²) in [6, 6.07) is 5.91. The normalized spacial score (nSPS) is 16.1. The third kappa shape index (κ3) is 3.66. The maximum atomic E-state index is 13.3. The summed E-state index contributed by atoms with van der Waals surface area (Å²) in [5.74, 6) is -1.34. The standard InChI is InChI=1S/C16H14FN3O4S/c1-8-13(15(22)23-2)25-16(18-8)19-14(21)12-7-11(20-24-12)9-4-3-5-10(17)6-9/h3-6,12H,7H2,1-2H3,(H,18,19,21). The maximum absolute atomic E-state index is 13.3. The number of aromatic nitrogens is 1. The van der Waals surface area contributed by atoms with Crippen LogP contribution < -0.4 is 5.32 Å². The molecule has 2 aromatic rings. The van der Waals surface area contributed by atoms with E-state index in [9.17, 15) is 14.0 Å². The van der Waals surface area contributed by atoms with Gasteiger partial charge in [0.1, 0.15) is 10.7 Å². The number of hydrogen-bond donors (Lipinski definition) is 1. The van der Waals surface area contributed by atoms with Crippen molar-refractivity contribution in [2.75, 3.05) is 12.4 Å². The minimum Gasteiger partial charge on any atom is -0.465 e. The Hall–Kier alpha value is -2.81. The Balaban J connectivity index is 1.65. The van der Waals surface area contributed by atoms with Crippen molar-refractivity contribution < 1.29 is 23.6 Å². The van der Waals surface area contributed by atoms with Crippen LogP contribution in [0.25, 0.3) is 0 Å². The molecule has 0 saturated heterocycles. The Labute approximate surface area is 146 Å². The van der Waals surface area contributed by atoms with Gasteiger partial charge < -0.3 is 9.57 Å². The highest BCUT2D eigenvalue weighted by Crippen LogP contribution is 2.25. The van der Waals surface area contributed by atoms with E-state index in [0.717, 1.165) is 11.3 Å². The third-order valence-corrected chi connectivity index (χ3v) is 4.57. The van der Waals surface area contributed by atoms with Crippen LogP contribution in [0.4, 0.5) is 9.52 Å². The van der Waals surface area contributed by atoms with Crippen LogP contribution in [0.3, 0.4) is 0 Å². The second-order valence-corrected chi connectivity index (χ2v) is 6.26. The van der Waals surface area contributed by atoms with Crippen LogP contribution in [-0.2, 0) is 14.4 Å². The molecule has 1 aliphatic heterocycles. The topological polar surface area (TPSA) is 89.9 Å². The Morgan fingerprint density at radius 3 is 2.96 bits per heavy atom. The highest BCUT2D eigenvalue weighted by molar-refractivity contribution is 7.17. The minimum absolute atomic E-state index is 0.212. The molecule has 130 valence electrons. The first kappa shape index (κ1) is 17.0. The number of amides is 1. The highest BCUT2D eigenvalue weighted by atomic mass is 32.1. The first-order valence-corrected chi connectivity index (χ1v) is 8.15. The number of benzene rings is 1. The molecule has 0 spiro atoms. The van der Waals surface area contributed by atoms with Crippen LogP contribution in [0, 0.1) is 12.7 Å². The molecule has 25 heavy (non-hydrogen) atoms. The summed E-state index contributed by atoms with van der Waals surface area (Å²) in [5, 5.41) is 6.72. The lowest BCUT2D eigenvalue weighted by Crippen LogP contribution is -2.28. The first-order valence-electron chi connectivity index (χ1n) is 7.33. The fourth-order valence-corrected chi connectivity index (χ4v) is 3.16. The monoisotopic (exact) mass is 363 g/mol. The van der Waals surface area contributed by atoms with Crippen molar-refractivity contribution in [3.05, 3.63) is 46.2 Å². The average Bonchev–Trinajstić information content (AvgIpc) is 3.21. The van der Waals surface area contributed by atoms with Crippen LogP contribution in [0.2, 0.25) is 0 Å². The number of thiazole rings is 1. The Bertz CT molecular complexity index is 865. The Morgan fingerprint density at radius 2 is 2.24 bits per heavy atom. The molecule has 0 fully saturated rings. The molecule has 1 aromatic carbocycles. The largest absolute Gasteiger partial charge is 0.465 e. The van der Waals surface area contributed by atoms with Gasteiger partial charge in [0.25, 0.3) is 5.91 Å². The van der Waals surface area contributed by atoms with Crippen LogP contribution in [-0.4, -0.2) is 35.8 Å². The number of halogens is 1. The number of ether oxygens (including phenoxy) is 1. The van der Waals surface area contributed by atoms with E-state index < -0.39 is 18.0 Å². The number of aryl methyl sites for hydroxylation is 1. The quantitative estimate of drug-likeness (QED) is 0.843. The van der Waals surface area contributed by atoms with Crippen molar-refractivity contribution >= 4 is 34.1 Å². The molecule has 1 unspecified atom stereocenters. The third-order valence-electron chi connectivity index (χ3n) is 3.52. The number of esters is 1. The molecule has 0 aliphatic carbocycles. The number of nitrogens with zero attached hydrogens (tertiary/aromatic N) is 2. The molecule has 9 heteroatoms. The zero-order chi connectivity index (χ0) is 18.0. The molecule has 1 aromatic heterocycles. The molecule has 3 rings (SSSR count). The molecular formula is C16H14FN3O4S. The number of rotatable bonds is 4. The van der Waals surface area contributed by atoms with Crippen LogP contribution in [0.5, 0.6) is 0 Å². The predicted molar refractivity (Wildman–Crippen MR) is 89.2 cm³/mol. The summed E-state index contributed by atoms with van der Waals surface area (Å²) in [5.41, 5.74) is 1.52. The van der Waals surface area contributed by atoms with Gasteiger partial charge in [-0.1, -0.05) is 28.6 Å². The molecule has 0 bridgehead atoms. The van der Waals surface area contributed by atoms with Gasteiger partial charge in [-0.15, -0.1) is 0 Å². The zero-order valence-electron chi connectivity index (χ0n) is 13.4. The predicted octanol–water partition coefficient (Wildman–Crippen LogP) is 2.51. The van der Waals surface area contributed by atoms with Crippen molar-refractivity contribution in [1.29, 1.82) is 0 Å². The van der Waals surface area contributed by atoms with E-state index in [1.807, 2.05) is 0 Å². The second-order valence-electron chi connectivity index (χ2n) is 5.26. The zero-order valence-corrected chi connectivity index (χ0v) is 14.2. The minimum atomic E-state index is -0.843. The van der Waals surface area contributed by atoms with E-state index in [2.05, 4.69) is 20.2 Å². The Morgan fingerprint density at radius 1 is 1.44 bits per heavy atom. The number of oxime groups is 1. The lowest BCUT2D eigenvalue weighted by molar-refractivity contribution is -0.125. The van der Waals surface area contributed by atoms with E-state index in [1.165, 1.54) is 19.2 Å². The molecule has 0 saturated carbocycles. The number of nitrogens with one attached hydrogen (secondary N) is 1. The highest BCUT2D eigenvalue weighted by Gasteiger charge is 2.30. The van der Waals surface area contributed by atoms with Crippen molar-refractivity contribution in [2.24, 2.45) is 5.16 Å². The summed E-state index contributed by atoms with van der Waals surface area (Å²) in [6.07, 6.45) is -0.632. The van der Waals surface area contributed by atoms with Gasteiger partial charge in [-0.25, -0.2) is 14.2 Å². The number of methoxy groups -OCH3 is 1. The van der Waals surface area contributed by atoms with Gasteiger partial charge in [0.2, 0.25) is 6.10 Å². The van der Waals surface area contributed by atoms with Crippen molar-refractivity contribution in [1.82, 2.24) is 4.98 Å². The SMILES string of the molecule is COC(=O)c1sc(NC(=O)C2CC(c3cccc(F)c3)=NO2)nc1C. The smallest absolute Gasteiger partial charge is 0.350 e. The van der Waals surface area contributed by atoms with Crippen molar-refractivity contribution in [3.8, 4) is 0 Å². The van der Waals surface area contributed by atoms with Gasteiger partial charge in [0, 0.05) is 12.0 Å². The van der Waals surface area contributed by atoms with E-state index in [-0.39, 0.29) is 17.4 Å². The van der Waals surface area contributed by atoms with Gasteiger partial charge in [-0.2, -0.15) is 0 Å². The summed E-state index contributed by atoms with van der Waals surface area (Å²) in [7, 11) is 1.28. The van der Waals surface area contributed by atoms with E-state index in [4.69, 9.17) is 4.84 Å². The van der Waals surface area contributed by atoms with E-state index in [1.54, 1.807) is 19.1 Å². The van der Waals surface area contributed by atoms with Gasteiger partial charge in [-0.3, -0.25) is 10.1 Å². The fraction of sp³-hybridized carbons (Fsp3) is 0.250. The molecule has 2 heterocycles. The van der Waals surface area contributed by atoms with Gasteiger partial charge in [-0.05, 0) is 19.1 Å². The van der Waals surface area contributed by atoms with Crippen LogP contribution in [0.15, 0.2) is 29.4 Å². The first-order chi connectivity index (χ1) is 12.0. The van der Waals surface area contributed by atoms with Crippen LogP contribution in [0.1, 0.15) is 27.3 Å². The van der Waals surface area contributed by atoms with Crippen molar-refractivity contribution in [2.45, 2.75) is 19.4 Å². The summed E-state index contributed by atoms with van der Waals surface area (Å²) < 4.78 is 17.9. The molecule has 1 N–H and O–H groups in total. The lowest BCUT2D eigenvalue weighted by Gasteiger charge is -2.06. The van der Waals surface area contributed by atoms with Gasteiger partial charge >= 0.3 is 5.97 Å². The molecule has 1 atom stereocenters. The number of hydrogen-bond acceptors (Lipinski definition) is 7. The molecule has 1 amide bonds. The van der Waals surface area contributed by atoms with Gasteiger partial charge in [0.15, 0.2) is 5.13 Å². The number of carbonyl (C=O) groups is 2. The van der Waals surface area contributed by atoms with E-state index in [0.29, 0.717) is 21.8 Å². The summed E-state index contributed by atoms with van der Waals surface area (Å²) in [6.45, 7) is 1.65.